The summed E-state index contributed by atoms with van der Waals surface area (Å²) in [5.74, 6) is 0.112. The number of carboxylic acids is 1. The number of hydrazone groups is 1. The zero-order chi connectivity index (χ0) is 23.5. The van der Waals surface area contributed by atoms with Gasteiger partial charge in [0, 0.05) is 15.3 Å². The Bertz CT molecular complexity index is 1270. The van der Waals surface area contributed by atoms with E-state index in [4.69, 9.17) is 19.6 Å². The summed E-state index contributed by atoms with van der Waals surface area (Å²) in [6, 6.07) is 10.7. The Morgan fingerprint density at radius 1 is 1.21 bits per heavy atom. The van der Waals surface area contributed by atoms with Gasteiger partial charge in [0.25, 0.3) is 5.91 Å². The Labute approximate surface area is 202 Å². The van der Waals surface area contributed by atoms with Crippen LogP contribution in [0.15, 0.2) is 51.0 Å². The van der Waals surface area contributed by atoms with Crippen LogP contribution in [-0.2, 0) is 9.59 Å². The minimum atomic E-state index is -1.08. The lowest BCUT2D eigenvalue weighted by atomic mass is 10.1. The highest BCUT2D eigenvalue weighted by Crippen LogP contribution is 2.36. The van der Waals surface area contributed by atoms with Crippen LogP contribution in [0.4, 0.5) is 0 Å². The molecule has 0 fully saturated rings. The molecule has 0 aliphatic carbocycles. The van der Waals surface area contributed by atoms with Gasteiger partial charge in [0.1, 0.15) is 5.70 Å². The zero-order valence-corrected chi connectivity index (χ0v) is 20.3. The van der Waals surface area contributed by atoms with Gasteiger partial charge in [0.15, 0.2) is 29.4 Å². The van der Waals surface area contributed by atoms with Crippen LogP contribution in [0.1, 0.15) is 25.6 Å². The van der Waals surface area contributed by atoms with Crippen molar-refractivity contribution in [2.45, 2.75) is 20.0 Å². The molecule has 2 aliphatic rings. The van der Waals surface area contributed by atoms with E-state index in [-0.39, 0.29) is 5.91 Å². The molecule has 1 atom stereocenters. The number of aliphatic carboxylic acids is 1. The number of rotatable bonds is 7. The first-order valence-electron chi connectivity index (χ1n) is 10.2. The van der Waals surface area contributed by atoms with Gasteiger partial charge >= 0.3 is 5.97 Å². The van der Waals surface area contributed by atoms with Gasteiger partial charge in [-0.05, 0) is 43.0 Å². The molecule has 2 heterocycles. The fourth-order valence-corrected chi connectivity index (χ4v) is 4.43. The van der Waals surface area contributed by atoms with Crippen LogP contribution >= 0.6 is 27.7 Å². The van der Waals surface area contributed by atoms with Crippen molar-refractivity contribution < 1.29 is 24.2 Å². The molecule has 172 valence electrons. The lowest BCUT2D eigenvalue weighted by Gasteiger charge is -2.34. The molecule has 2 aliphatic heterocycles. The van der Waals surface area contributed by atoms with Gasteiger partial charge in [0.05, 0.1) is 12.0 Å². The van der Waals surface area contributed by atoms with Gasteiger partial charge in [-0.15, -0.1) is 5.10 Å². The number of ether oxygens (including phenoxy) is 2. The van der Waals surface area contributed by atoms with Crippen molar-refractivity contribution in [3.63, 3.8) is 0 Å². The Morgan fingerprint density at radius 2 is 2.03 bits per heavy atom. The van der Waals surface area contributed by atoms with Crippen molar-refractivity contribution in [2.75, 3.05) is 19.0 Å². The first-order valence-corrected chi connectivity index (χ1v) is 12.0. The normalized spacial score (nSPS) is 16.8. The monoisotopic (exact) mass is 532 g/mol. The highest BCUT2D eigenvalue weighted by atomic mass is 79.9. The van der Waals surface area contributed by atoms with E-state index < -0.39 is 18.7 Å². The van der Waals surface area contributed by atoms with E-state index in [1.807, 2.05) is 32.0 Å². The molecule has 9 nitrogen and oxygen atoms in total. The summed E-state index contributed by atoms with van der Waals surface area (Å²) < 4.78 is 11.9. The van der Waals surface area contributed by atoms with Crippen LogP contribution in [0.2, 0.25) is 0 Å². The SMILES string of the molecule is CCOc1cc(C2N=c3ccc(Br)cc3=C3C(=O)NC(SCC)=NN32)ccc1OCC(=O)O. The second kappa shape index (κ2) is 9.84. The van der Waals surface area contributed by atoms with E-state index in [1.165, 1.54) is 11.8 Å². The third-order valence-corrected chi connectivity index (χ3v) is 6.01. The van der Waals surface area contributed by atoms with E-state index in [9.17, 15) is 9.59 Å². The maximum atomic E-state index is 13.1. The summed E-state index contributed by atoms with van der Waals surface area (Å²) in [7, 11) is 0. The average Bonchev–Trinajstić information content (AvgIpc) is 2.78. The third kappa shape index (κ3) is 4.83. The average molecular weight is 533 g/mol. The molecule has 0 saturated carbocycles. The molecule has 33 heavy (non-hydrogen) atoms. The van der Waals surface area contributed by atoms with Gasteiger partial charge in [-0.25, -0.2) is 9.80 Å². The number of carbonyl (C=O) groups excluding carboxylic acids is 1. The Kier molecular flexibility index (Phi) is 6.89. The highest BCUT2D eigenvalue weighted by Gasteiger charge is 2.34. The number of nitrogens with one attached hydrogen (secondary N) is 1. The summed E-state index contributed by atoms with van der Waals surface area (Å²) in [6.45, 7) is 3.69. The van der Waals surface area contributed by atoms with E-state index in [1.54, 1.807) is 23.2 Å². The van der Waals surface area contributed by atoms with Crippen LogP contribution in [0.5, 0.6) is 11.5 Å². The molecular formula is C22H21BrN4O5S. The number of halogens is 1. The van der Waals surface area contributed by atoms with Crippen LogP contribution in [0.25, 0.3) is 5.70 Å². The van der Waals surface area contributed by atoms with E-state index in [2.05, 4.69) is 26.3 Å². The predicted molar refractivity (Wildman–Crippen MR) is 127 cm³/mol. The quantitative estimate of drug-likeness (QED) is 0.561. The fourth-order valence-electron chi connectivity index (χ4n) is 3.48. The van der Waals surface area contributed by atoms with Crippen molar-refractivity contribution in [3.05, 3.63) is 57.0 Å². The second-order valence-corrected chi connectivity index (χ2v) is 9.14. The molecule has 1 unspecified atom stereocenters. The Balaban J connectivity index is 1.85. The summed E-state index contributed by atoms with van der Waals surface area (Å²) in [4.78, 5) is 28.9. The number of nitrogens with zero attached hydrogens (tertiary/aromatic N) is 3. The van der Waals surface area contributed by atoms with Crippen LogP contribution in [-0.4, -0.2) is 46.1 Å². The van der Waals surface area contributed by atoms with Crippen molar-refractivity contribution in [2.24, 2.45) is 10.1 Å². The smallest absolute Gasteiger partial charge is 0.341 e. The topological polar surface area (TPSA) is 113 Å². The second-order valence-electron chi connectivity index (χ2n) is 6.97. The van der Waals surface area contributed by atoms with E-state index >= 15 is 0 Å². The number of amidine groups is 1. The van der Waals surface area contributed by atoms with Crippen molar-refractivity contribution >= 4 is 50.4 Å². The zero-order valence-electron chi connectivity index (χ0n) is 17.9. The van der Waals surface area contributed by atoms with Crippen LogP contribution < -0.4 is 25.4 Å². The van der Waals surface area contributed by atoms with Gasteiger partial charge in [-0.3, -0.25) is 15.1 Å². The number of amides is 1. The standard InChI is InChI=1S/C22H21BrN4O5S/c1-3-31-17-9-12(5-8-16(17)32-11-18(28)29)20-24-15-7-6-13(23)10-14(15)19-21(30)25-22(33-4-2)26-27(19)20/h5-10,20H,3-4,11H2,1-2H3,(H,28,29)(H,25,26,30). The van der Waals surface area contributed by atoms with Crippen molar-refractivity contribution in [1.29, 1.82) is 0 Å². The van der Waals surface area contributed by atoms with Gasteiger partial charge in [0.2, 0.25) is 0 Å². The lowest BCUT2D eigenvalue weighted by molar-refractivity contribution is -0.139. The molecule has 2 aromatic carbocycles. The van der Waals surface area contributed by atoms with Gasteiger partial charge < -0.3 is 14.6 Å². The van der Waals surface area contributed by atoms with Crippen molar-refractivity contribution in [1.82, 2.24) is 10.3 Å². The lowest BCUT2D eigenvalue weighted by Crippen LogP contribution is -2.50. The largest absolute Gasteiger partial charge is 0.490 e. The molecule has 0 aromatic heterocycles. The van der Waals surface area contributed by atoms with Gasteiger partial charge in [-0.2, -0.15) is 0 Å². The fraction of sp³-hybridized carbons (Fsp3) is 0.273. The van der Waals surface area contributed by atoms with Crippen LogP contribution in [0.3, 0.4) is 0 Å². The number of carboxylic acid groups (broad SMARTS) is 1. The summed E-state index contributed by atoms with van der Waals surface area (Å²) in [5.41, 5.74) is 1.11. The third-order valence-electron chi connectivity index (χ3n) is 4.77. The molecular weight excluding hydrogens is 512 g/mol. The number of hydrogen-bond acceptors (Lipinski definition) is 8. The number of thioether (sulfide) groups is 1. The molecule has 4 rings (SSSR count). The Hall–Kier alpha value is -3.05. The summed E-state index contributed by atoms with van der Waals surface area (Å²) >= 11 is 4.89. The number of fused-ring (bicyclic) bond motifs is 2. The summed E-state index contributed by atoms with van der Waals surface area (Å²) in [6.07, 6.45) is -0.625. The molecule has 11 heteroatoms. The van der Waals surface area contributed by atoms with Crippen molar-refractivity contribution in [3.8, 4) is 11.5 Å². The number of hydrogen-bond donors (Lipinski definition) is 2. The minimum absolute atomic E-state index is 0.258. The Morgan fingerprint density at radius 3 is 2.76 bits per heavy atom. The minimum Gasteiger partial charge on any atom is -0.490 e. The van der Waals surface area contributed by atoms with E-state index in [0.29, 0.717) is 45.1 Å². The number of carbonyl (C=O) groups is 2. The summed E-state index contributed by atoms with van der Waals surface area (Å²) in [5, 5.41) is 19.9. The van der Waals surface area contributed by atoms with Gasteiger partial charge in [-0.1, -0.05) is 40.7 Å². The molecule has 2 N–H and O–H groups in total. The first-order chi connectivity index (χ1) is 15.9. The van der Waals surface area contributed by atoms with E-state index in [0.717, 1.165) is 10.2 Å². The van der Waals surface area contributed by atoms with Crippen LogP contribution in [0, 0.1) is 0 Å². The predicted octanol–water partition coefficient (Wildman–Crippen LogP) is 2.21. The molecule has 0 radical (unpaired) electrons. The molecule has 0 bridgehead atoms. The maximum Gasteiger partial charge on any atom is 0.341 e. The first kappa shape index (κ1) is 23.1. The molecule has 1 amide bonds. The highest BCUT2D eigenvalue weighted by molar-refractivity contribution is 9.10. The molecule has 0 saturated heterocycles. The number of benzene rings is 2. The molecule has 0 spiro atoms. The molecule has 2 aromatic rings. The maximum absolute atomic E-state index is 13.1.